The van der Waals surface area contributed by atoms with E-state index in [0.29, 0.717) is 12.4 Å². The third-order valence-electron chi connectivity index (χ3n) is 2.89. The lowest BCUT2D eigenvalue weighted by atomic mass is 10.1. The molecular weight excluding hydrogens is 352 g/mol. The summed E-state index contributed by atoms with van der Waals surface area (Å²) in [5, 5.41) is 10.7. The Morgan fingerprint density at radius 1 is 1.19 bits per heavy atom. The van der Waals surface area contributed by atoms with E-state index in [4.69, 9.17) is 10.00 Å². The second-order valence-corrected chi connectivity index (χ2v) is 4.94. The summed E-state index contributed by atoms with van der Waals surface area (Å²) in [6.07, 6.45) is -4.61. The summed E-state index contributed by atoms with van der Waals surface area (Å²) in [6.45, 7) is 3.69. The number of hydrogen-bond acceptors (Lipinski definition) is 3. The predicted molar refractivity (Wildman–Crippen MR) is 88.0 cm³/mol. The zero-order valence-corrected chi connectivity index (χ0v) is 14.0. The van der Waals surface area contributed by atoms with Gasteiger partial charge >= 0.3 is 6.18 Å². The fourth-order valence-corrected chi connectivity index (χ4v) is 1.85. The molecule has 2 aromatic carbocycles. The molecule has 0 fully saturated rings. The molecule has 1 N–H and O–H groups in total. The molecule has 0 radical (unpaired) electrons. The molecule has 0 spiro atoms. The first kappa shape index (κ1) is 21.0. The van der Waals surface area contributed by atoms with Crippen LogP contribution in [-0.2, 0) is 11.0 Å². The van der Waals surface area contributed by atoms with Gasteiger partial charge in [-0.25, -0.2) is 4.39 Å². The maximum Gasteiger partial charge on any atom is 0.417 e. The van der Waals surface area contributed by atoms with Crippen LogP contribution in [0.3, 0.4) is 0 Å². The number of benzene rings is 2. The Hall–Kier alpha value is -3.08. The van der Waals surface area contributed by atoms with Crippen molar-refractivity contribution in [2.75, 3.05) is 11.9 Å². The largest absolute Gasteiger partial charge is 0.494 e. The Morgan fingerprint density at radius 2 is 1.81 bits per heavy atom. The Morgan fingerprint density at radius 3 is 2.27 bits per heavy atom. The fourth-order valence-electron chi connectivity index (χ4n) is 1.85. The van der Waals surface area contributed by atoms with Crippen molar-refractivity contribution in [3.8, 4) is 11.8 Å². The van der Waals surface area contributed by atoms with Gasteiger partial charge in [-0.2, -0.15) is 18.4 Å². The van der Waals surface area contributed by atoms with E-state index in [0.717, 1.165) is 12.1 Å². The van der Waals surface area contributed by atoms with Gasteiger partial charge in [0.2, 0.25) is 5.91 Å². The number of carbonyl (C=O) groups is 1. The highest BCUT2D eigenvalue weighted by molar-refractivity contribution is 5.88. The van der Waals surface area contributed by atoms with Crippen LogP contribution in [0, 0.1) is 17.1 Å². The standard InChI is InChI=1S/C10H7F3N2O.C8H9FO/c1-6(16)15-8-3-2-7(5-14)9(4-8)10(11,12)13;1-2-10-8-5-3-7(9)4-6-8/h2-4H,1H3,(H,15,16);3-6H,2H2,1H3. The molecule has 2 rings (SSSR count). The molecule has 8 heteroatoms. The summed E-state index contributed by atoms with van der Waals surface area (Å²) in [5.74, 6) is 0.00480. The molecule has 26 heavy (non-hydrogen) atoms. The first-order valence-electron chi connectivity index (χ1n) is 7.44. The van der Waals surface area contributed by atoms with E-state index in [1.165, 1.54) is 31.2 Å². The van der Waals surface area contributed by atoms with Crippen LogP contribution >= 0.6 is 0 Å². The summed E-state index contributed by atoms with van der Waals surface area (Å²) in [5.41, 5.74) is -1.51. The van der Waals surface area contributed by atoms with Gasteiger partial charge in [0.1, 0.15) is 11.6 Å². The summed E-state index contributed by atoms with van der Waals surface area (Å²) < 4.78 is 54.8. The molecule has 0 atom stereocenters. The third kappa shape index (κ3) is 6.81. The molecule has 0 aliphatic rings. The van der Waals surface area contributed by atoms with Crippen LogP contribution in [0.1, 0.15) is 25.0 Å². The van der Waals surface area contributed by atoms with E-state index in [9.17, 15) is 22.4 Å². The van der Waals surface area contributed by atoms with Gasteiger partial charge in [-0.05, 0) is 49.4 Å². The number of nitriles is 1. The lowest BCUT2D eigenvalue weighted by molar-refractivity contribution is -0.137. The van der Waals surface area contributed by atoms with Crippen LogP contribution in [-0.4, -0.2) is 12.5 Å². The van der Waals surface area contributed by atoms with E-state index in [2.05, 4.69) is 5.32 Å². The molecule has 138 valence electrons. The van der Waals surface area contributed by atoms with E-state index in [-0.39, 0.29) is 11.5 Å². The van der Waals surface area contributed by atoms with Crippen LogP contribution in [0.15, 0.2) is 42.5 Å². The maximum atomic E-state index is 12.5. The van der Waals surface area contributed by atoms with Crippen molar-refractivity contribution in [1.82, 2.24) is 0 Å². The Labute approximate surface area is 148 Å². The minimum atomic E-state index is -4.61. The van der Waals surface area contributed by atoms with Gasteiger partial charge in [0.15, 0.2) is 0 Å². The summed E-state index contributed by atoms with van der Waals surface area (Å²) in [6, 6.07) is 10.4. The van der Waals surface area contributed by atoms with Gasteiger partial charge in [0.05, 0.1) is 23.8 Å². The molecule has 0 heterocycles. The summed E-state index contributed by atoms with van der Waals surface area (Å²) in [4.78, 5) is 10.7. The Kier molecular flexibility index (Phi) is 7.59. The first-order chi connectivity index (χ1) is 12.2. The normalized spacial score (nSPS) is 10.2. The van der Waals surface area contributed by atoms with Crippen molar-refractivity contribution in [2.24, 2.45) is 0 Å². The van der Waals surface area contributed by atoms with Crippen molar-refractivity contribution >= 4 is 11.6 Å². The first-order valence-corrected chi connectivity index (χ1v) is 7.44. The fraction of sp³-hybridized carbons (Fsp3) is 0.222. The van der Waals surface area contributed by atoms with Crippen molar-refractivity contribution < 1.29 is 27.1 Å². The Bertz CT molecular complexity index is 781. The van der Waals surface area contributed by atoms with Crippen LogP contribution < -0.4 is 10.1 Å². The van der Waals surface area contributed by atoms with Crippen molar-refractivity contribution in [2.45, 2.75) is 20.0 Å². The lowest BCUT2D eigenvalue weighted by Gasteiger charge is -2.10. The molecule has 1 amide bonds. The molecule has 0 unspecified atom stereocenters. The molecule has 0 saturated heterocycles. The van der Waals surface area contributed by atoms with Crippen LogP contribution in [0.5, 0.6) is 5.75 Å². The molecule has 0 aliphatic carbocycles. The zero-order chi connectivity index (χ0) is 19.7. The highest BCUT2D eigenvalue weighted by Crippen LogP contribution is 2.33. The molecule has 2 aromatic rings. The number of nitrogens with one attached hydrogen (secondary N) is 1. The van der Waals surface area contributed by atoms with Gasteiger partial charge in [0, 0.05) is 12.6 Å². The van der Waals surface area contributed by atoms with Gasteiger partial charge in [-0.3, -0.25) is 4.79 Å². The molecule has 4 nitrogen and oxygen atoms in total. The number of anilines is 1. The van der Waals surface area contributed by atoms with Crippen molar-refractivity contribution in [3.05, 3.63) is 59.4 Å². The average Bonchev–Trinajstić information content (AvgIpc) is 2.56. The second-order valence-electron chi connectivity index (χ2n) is 4.94. The van der Waals surface area contributed by atoms with E-state index in [1.54, 1.807) is 12.1 Å². The van der Waals surface area contributed by atoms with Gasteiger partial charge in [-0.1, -0.05) is 0 Å². The summed E-state index contributed by atoms with van der Waals surface area (Å²) >= 11 is 0. The number of rotatable bonds is 3. The molecule has 0 aromatic heterocycles. The van der Waals surface area contributed by atoms with E-state index in [1.807, 2.05) is 6.92 Å². The number of halogens is 4. The molecule has 0 saturated carbocycles. The van der Waals surface area contributed by atoms with Crippen molar-refractivity contribution in [3.63, 3.8) is 0 Å². The molecule has 0 bridgehead atoms. The average molecular weight is 368 g/mol. The quantitative estimate of drug-likeness (QED) is 0.795. The predicted octanol–water partition coefficient (Wildman–Crippen LogP) is 4.76. The SMILES string of the molecule is CC(=O)Nc1ccc(C#N)c(C(F)(F)F)c1.CCOc1ccc(F)cc1. The van der Waals surface area contributed by atoms with Crippen LogP contribution in [0.4, 0.5) is 23.2 Å². The van der Waals surface area contributed by atoms with Gasteiger partial charge in [-0.15, -0.1) is 0 Å². The van der Waals surface area contributed by atoms with Crippen LogP contribution in [0.2, 0.25) is 0 Å². The van der Waals surface area contributed by atoms with Crippen molar-refractivity contribution in [1.29, 1.82) is 5.26 Å². The van der Waals surface area contributed by atoms with Gasteiger partial charge in [0.25, 0.3) is 0 Å². The minimum Gasteiger partial charge on any atom is -0.494 e. The molecular formula is C18H16F4N2O2. The maximum absolute atomic E-state index is 12.5. The van der Waals surface area contributed by atoms with E-state index < -0.39 is 23.2 Å². The van der Waals surface area contributed by atoms with Crippen LogP contribution in [0.25, 0.3) is 0 Å². The highest BCUT2D eigenvalue weighted by atomic mass is 19.4. The number of carbonyl (C=O) groups excluding carboxylic acids is 1. The van der Waals surface area contributed by atoms with E-state index >= 15 is 0 Å². The van der Waals surface area contributed by atoms with Gasteiger partial charge < -0.3 is 10.1 Å². The number of alkyl halides is 3. The number of hydrogen-bond donors (Lipinski definition) is 1. The highest BCUT2D eigenvalue weighted by Gasteiger charge is 2.33. The number of ether oxygens (including phenoxy) is 1. The number of nitrogens with zero attached hydrogens (tertiary/aromatic N) is 1. The third-order valence-corrected chi connectivity index (χ3v) is 2.89. The Balaban J connectivity index is 0.000000289. The molecule has 0 aliphatic heterocycles. The topological polar surface area (TPSA) is 62.1 Å². The second kappa shape index (κ2) is 9.42. The summed E-state index contributed by atoms with van der Waals surface area (Å²) in [7, 11) is 0. The zero-order valence-electron chi connectivity index (χ0n) is 14.0. The number of amides is 1. The minimum absolute atomic E-state index is 0.0128. The smallest absolute Gasteiger partial charge is 0.417 e. The monoisotopic (exact) mass is 368 g/mol. The lowest BCUT2D eigenvalue weighted by Crippen LogP contribution is -2.11.